The van der Waals surface area contributed by atoms with Gasteiger partial charge in [-0.25, -0.2) is 8.78 Å². The Labute approximate surface area is 279 Å². The molecule has 2 aromatic rings. The van der Waals surface area contributed by atoms with Crippen LogP contribution in [0.2, 0.25) is 5.02 Å². The number of nitrogens with one attached hydrogen (secondary N) is 2. The van der Waals surface area contributed by atoms with Crippen LogP contribution in [-0.2, 0) is 20.4 Å². The normalized spacial score (nSPS) is 13.8. The molecular formula is C33H41ClF8N2O4. The first kappa shape index (κ1) is 40.9. The zero-order valence-corrected chi connectivity index (χ0v) is 28.4. The average Bonchev–Trinajstić information content (AvgIpc) is 3.00. The molecule has 1 atom stereocenters. The zero-order valence-electron chi connectivity index (χ0n) is 27.7. The summed E-state index contributed by atoms with van der Waals surface area (Å²) in [7, 11) is 0. The Morgan fingerprint density at radius 1 is 0.875 bits per heavy atom. The number of hydrogen-bond donors (Lipinski definition) is 3. The summed E-state index contributed by atoms with van der Waals surface area (Å²) in [6.07, 6.45) is -3.16. The van der Waals surface area contributed by atoms with E-state index in [9.17, 15) is 49.8 Å². The Morgan fingerprint density at radius 2 is 1.46 bits per heavy atom. The van der Waals surface area contributed by atoms with Crippen molar-refractivity contribution in [2.75, 3.05) is 10.6 Å². The van der Waals surface area contributed by atoms with Gasteiger partial charge in [0.1, 0.15) is 11.5 Å². The Kier molecular flexibility index (Phi) is 12.8. The zero-order chi connectivity index (χ0) is 37.0. The van der Waals surface area contributed by atoms with Gasteiger partial charge in [-0.3, -0.25) is 9.59 Å². The van der Waals surface area contributed by atoms with Crippen molar-refractivity contribution < 1.29 is 54.6 Å². The first-order valence-electron chi connectivity index (χ1n) is 15.3. The lowest BCUT2D eigenvalue weighted by Crippen LogP contribution is -2.61. The fraction of sp³-hybridized carbons (Fsp3) is 0.576. The third-order valence-corrected chi connectivity index (χ3v) is 8.92. The molecule has 2 rings (SSSR count). The molecule has 48 heavy (non-hydrogen) atoms. The quantitative estimate of drug-likeness (QED) is 0.119. The molecule has 0 bridgehead atoms. The number of carbonyl (C=O) groups excluding carboxylic acids is 2. The van der Waals surface area contributed by atoms with E-state index in [0.717, 1.165) is 29.3 Å². The standard InChI is InChI=1S/C33H41ClF8N2O4/c1-8-11-12-25(48-24-14-13-18(29(4,5)9-2)15-19(24)30(6,7)10-3)26(46)43-21-17-23(45)22(16-20(21)34)44-28(47)32(39,40)33(41,42)31(37,38)27(35)36/h13-17,25,27,45H,8-12H2,1-7H3,(H,43,46)(H,44,47). The van der Waals surface area contributed by atoms with E-state index in [0.29, 0.717) is 30.7 Å². The second kappa shape index (κ2) is 15.1. The number of phenols is 1. The lowest BCUT2D eigenvalue weighted by molar-refractivity contribution is -0.326. The number of amides is 2. The highest BCUT2D eigenvalue weighted by Gasteiger charge is 2.78. The van der Waals surface area contributed by atoms with Crippen molar-refractivity contribution in [2.24, 2.45) is 0 Å². The summed E-state index contributed by atoms with van der Waals surface area (Å²) in [5.41, 5.74) is 0.127. The highest BCUT2D eigenvalue weighted by atomic mass is 35.5. The fourth-order valence-electron chi connectivity index (χ4n) is 4.42. The van der Waals surface area contributed by atoms with Gasteiger partial charge in [-0.05, 0) is 54.2 Å². The van der Waals surface area contributed by atoms with Gasteiger partial charge in [-0.1, -0.05) is 78.6 Å². The van der Waals surface area contributed by atoms with E-state index < -0.39 is 58.6 Å². The van der Waals surface area contributed by atoms with Gasteiger partial charge in [0.05, 0.1) is 16.4 Å². The Hall–Kier alpha value is -3.29. The van der Waals surface area contributed by atoms with Crippen molar-refractivity contribution in [3.8, 4) is 11.5 Å². The molecule has 15 heteroatoms. The SMILES string of the molecule is CCCCC(Oc1ccc(C(C)(C)CC)cc1C(C)(C)CC)C(=O)Nc1cc(O)c(NC(=O)C(F)(F)C(F)(F)C(F)(F)C(F)F)cc1Cl. The Balaban J connectivity index is 2.41. The molecule has 0 heterocycles. The van der Waals surface area contributed by atoms with Crippen molar-refractivity contribution in [2.45, 2.75) is 122 Å². The van der Waals surface area contributed by atoms with Gasteiger partial charge in [-0.2, -0.15) is 26.3 Å². The third kappa shape index (κ3) is 8.46. The lowest BCUT2D eigenvalue weighted by Gasteiger charge is -2.31. The minimum Gasteiger partial charge on any atom is -0.506 e. The van der Waals surface area contributed by atoms with Crippen LogP contribution >= 0.6 is 11.6 Å². The molecule has 0 aliphatic rings. The summed E-state index contributed by atoms with van der Waals surface area (Å²) < 4.78 is 113. The molecule has 270 valence electrons. The van der Waals surface area contributed by atoms with E-state index in [4.69, 9.17) is 16.3 Å². The summed E-state index contributed by atoms with van der Waals surface area (Å²) in [6, 6.07) is 7.05. The molecule has 0 radical (unpaired) electrons. The smallest absolute Gasteiger partial charge is 0.393 e. The highest BCUT2D eigenvalue weighted by Crippen LogP contribution is 2.49. The van der Waals surface area contributed by atoms with E-state index >= 15 is 0 Å². The number of phenolic OH excluding ortho intramolecular Hbond substituents is 1. The van der Waals surface area contributed by atoms with Crippen LogP contribution in [0, 0.1) is 0 Å². The first-order valence-corrected chi connectivity index (χ1v) is 15.7. The number of ether oxygens (including phenoxy) is 1. The molecular weight excluding hydrogens is 676 g/mol. The number of rotatable bonds is 16. The molecule has 0 aliphatic carbocycles. The van der Waals surface area contributed by atoms with Crippen molar-refractivity contribution in [1.29, 1.82) is 0 Å². The molecule has 6 nitrogen and oxygen atoms in total. The molecule has 0 saturated carbocycles. The second-order valence-corrected chi connectivity index (χ2v) is 13.2. The molecule has 0 saturated heterocycles. The molecule has 0 aliphatic heterocycles. The number of carbonyl (C=O) groups is 2. The van der Waals surface area contributed by atoms with E-state index in [1.807, 2.05) is 33.8 Å². The van der Waals surface area contributed by atoms with Gasteiger partial charge in [0.15, 0.2) is 6.10 Å². The molecule has 0 fully saturated rings. The molecule has 2 aromatic carbocycles. The summed E-state index contributed by atoms with van der Waals surface area (Å²) in [4.78, 5) is 25.4. The molecule has 0 aromatic heterocycles. The molecule has 3 N–H and O–H groups in total. The minimum absolute atomic E-state index is 0.131. The Bertz CT molecular complexity index is 1470. The Morgan fingerprint density at radius 3 is 1.98 bits per heavy atom. The van der Waals surface area contributed by atoms with Crippen LogP contribution in [0.4, 0.5) is 46.5 Å². The number of alkyl halides is 8. The average molecular weight is 717 g/mol. The first-order chi connectivity index (χ1) is 21.9. The van der Waals surface area contributed by atoms with Crippen molar-refractivity contribution in [3.05, 3.63) is 46.5 Å². The van der Waals surface area contributed by atoms with Crippen LogP contribution in [0.5, 0.6) is 11.5 Å². The summed E-state index contributed by atoms with van der Waals surface area (Å²) in [6.45, 7) is 14.3. The number of benzene rings is 2. The largest absolute Gasteiger partial charge is 0.506 e. The maximum atomic E-state index is 14.1. The third-order valence-electron chi connectivity index (χ3n) is 8.60. The number of anilines is 2. The lowest BCUT2D eigenvalue weighted by atomic mass is 9.76. The predicted octanol–water partition coefficient (Wildman–Crippen LogP) is 10.1. The van der Waals surface area contributed by atoms with Crippen LogP contribution in [0.3, 0.4) is 0 Å². The van der Waals surface area contributed by atoms with Crippen LogP contribution in [0.15, 0.2) is 30.3 Å². The second-order valence-electron chi connectivity index (χ2n) is 12.8. The van der Waals surface area contributed by atoms with Crippen LogP contribution in [0.25, 0.3) is 0 Å². The number of halogens is 9. The highest BCUT2D eigenvalue weighted by molar-refractivity contribution is 6.34. The predicted molar refractivity (Wildman–Crippen MR) is 168 cm³/mol. The van der Waals surface area contributed by atoms with Crippen LogP contribution in [-0.4, -0.2) is 47.2 Å². The van der Waals surface area contributed by atoms with Gasteiger partial charge < -0.3 is 20.5 Å². The van der Waals surface area contributed by atoms with Crippen molar-refractivity contribution >= 4 is 34.8 Å². The topological polar surface area (TPSA) is 87.7 Å². The fourth-order valence-corrected chi connectivity index (χ4v) is 4.64. The van der Waals surface area contributed by atoms with Crippen LogP contribution < -0.4 is 15.4 Å². The van der Waals surface area contributed by atoms with Gasteiger partial charge in [0.2, 0.25) is 0 Å². The summed E-state index contributed by atoms with van der Waals surface area (Å²) >= 11 is 6.12. The molecule has 1 unspecified atom stereocenters. The minimum atomic E-state index is -6.81. The number of hydrogen-bond acceptors (Lipinski definition) is 4. The van der Waals surface area contributed by atoms with E-state index in [1.54, 1.807) is 6.07 Å². The summed E-state index contributed by atoms with van der Waals surface area (Å²) in [5.74, 6) is -24.2. The van der Waals surface area contributed by atoms with Gasteiger partial charge in [0, 0.05) is 11.6 Å². The van der Waals surface area contributed by atoms with Gasteiger partial charge in [-0.15, -0.1) is 0 Å². The van der Waals surface area contributed by atoms with Crippen molar-refractivity contribution in [3.63, 3.8) is 0 Å². The summed E-state index contributed by atoms with van der Waals surface area (Å²) in [5, 5.41) is 13.4. The molecule has 2 amide bonds. The van der Waals surface area contributed by atoms with E-state index in [-0.39, 0.29) is 22.9 Å². The van der Waals surface area contributed by atoms with Crippen molar-refractivity contribution in [1.82, 2.24) is 0 Å². The van der Waals surface area contributed by atoms with E-state index in [2.05, 4.69) is 32.2 Å². The number of unbranched alkanes of at least 4 members (excludes halogenated alkanes) is 1. The maximum Gasteiger partial charge on any atom is 0.393 e. The van der Waals surface area contributed by atoms with Crippen LogP contribution in [0.1, 0.15) is 91.7 Å². The van der Waals surface area contributed by atoms with Gasteiger partial charge >= 0.3 is 30.1 Å². The molecule has 0 spiro atoms. The maximum absolute atomic E-state index is 14.1. The van der Waals surface area contributed by atoms with Gasteiger partial charge in [0.25, 0.3) is 5.91 Å². The van der Waals surface area contributed by atoms with E-state index in [1.165, 1.54) is 0 Å². The number of aromatic hydroxyl groups is 1. The monoisotopic (exact) mass is 716 g/mol.